The molecule has 7 aromatic rings. The van der Waals surface area contributed by atoms with Gasteiger partial charge in [0, 0.05) is 85.0 Å². The van der Waals surface area contributed by atoms with Crippen LogP contribution in [0, 0.1) is 35.4 Å². The van der Waals surface area contributed by atoms with E-state index in [4.69, 9.17) is 11.5 Å². The molecule has 9 amide bonds. The highest BCUT2D eigenvalue weighted by Crippen LogP contribution is 2.48. The fraction of sp³-hybridized carbons (Fsp3) is 0.446. The van der Waals surface area contributed by atoms with Crippen LogP contribution in [0.2, 0.25) is 0 Å². The molecule has 2 aliphatic carbocycles. The number of ketones is 1. The molecule has 11 rings (SSSR count). The summed E-state index contributed by atoms with van der Waals surface area (Å²) in [5, 5.41) is 40.1. The number of halogens is 2. The Morgan fingerprint density at radius 2 is 1.30 bits per heavy atom. The number of unbranched alkanes of at least 4 members (excludes halogenated alkanes) is 1. The van der Waals surface area contributed by atoms with Crippen LogP contribution in [0.25, 0.3) is 22.0 Å². The molecule has 26 nitrogen and oxygen atoms in total. The zero-order chi connectivity index (χ0) is 80.1. The number of nitrogens with two attached hydrogens (primary N) is 2. The van der Waals surface area contributed by atoms with Gasteiger partial charge < -0.3 is 73.8 Å². The second-order valence-electron chi connectivity index (χ2n) is 30.1. The molecule has 2 bridgehead atoms. The maximum atomic E-state index is 15.8. The number of benzene rings is 5. The van der Waals surface area contributed by atoms with Crippen LogP contribution in [0.1, 0.15) is 117 Å². The third-order valence-corrected chi connectivity index (χ3v) is 24.1. The van der Waals surface area contributed by atoms with Crippen molar-refractivity contribution in [3.8, 4) is 16.9 Å². The number of primary amides is 1. The molecule has 5 aromatic carbocycles. The standard InChI is InChI=1S/C83H99F2N13O13S2/c84-59-21-20-55-18-19-56(63(55)36-59)33-68-80(108)96-70(39-76(103)104)82(110)95-69(38-61-41-88-47-91-61)81(109)97-71(31-49-14-23-62(99)24-15-49)83(111)98-43-52(29-48-12-16-54(17-13-48)53-9-2-1-3-10-53)32-72(98)73(100)35-58(77(87)105)46-113-45-51-8-6-7-50(30-51)44-112-28-26-74(101)92-66(11-4-5-27-86)78(106)90-42-75(102)93-67(79(107)94-68)34-57-40-89-65-25-22-60(85)37-64(57)65/h1-3,6-10,12-17,22-25,30,37,40-41,47,52,55-56,58-59,63,66-72,89,99H,4-5,11,18-21,26-29,31-36,38-39,42-46,86H2,(H2,87,105)(H,88,91)(H,90,106)(H,92,101)(H,93,102)(H,94,107)(H,95,110)(H,96,108)(H,97,109)(H,103,104)/t52-,55?,56?,58+,59?,63?,66+,67+,68+,69+,70+,71+,72+/m1/s1. The van der Waals surface area contributed by atoms with Crippen molar-refractivity contribution in [2.75, 3.05) is 31.1 Å². The molecular weight excluding hydrogens is 1490 g/mol. The van der Waals surface area contributed by atoms with Crippen molar-refractivity contribution in [3.05, 3.63) is 179 Å². The van der Waals surface area contributed by atoms with E-state index in [2.05, 4.69) is 52.2 Å². The first-order valence-corrected chi connectivity index (χ1v) is 41.0. The average Bonchev–Trinajstić information content (AvgIpc) is 1.68. The number of aromatic nitrogens is 3. The first-order valence-electron chi connectivity index (χ1n) is 38.6. The fourth-order valence-electron chi connectivity index (χ4n) is 16.0. The highest BCUT2D eigenvalue weighted by Gasteiger charge is 2.46. The van der Waals surface area contributed by atoms with Gasteiger partial charge in [-0.3, -0.25) is 52.7 Å². The third-order valence-electron chi connectivity index (χ3n) is 21.9. The van der Waals surface area contributed by atoms with E-state index < -0.39 is 144 Å². The molecule has 0 radical (unpaired) electrons. The summed E-state index contributed by atoms with van der Waals surface area (Å²) in [6, 6.07) is 24.7. The lowest BCUT2D eigenvalue weighted by atomic mass is 9.75. The Morgan fingerprint density at radius 3 is 2.03 bits per heavy atom. The summed E-state index contributed by atoms with van der Waals surface area (Å²) in [4.78, 5) is 172. The lowest BCUT2D eigenvalue weighted by Crippen LogP contribution is -2.60. The van der Waals surface area contributed by atoms with Crippen LogP contribution < -0.4 is 48.7 Å². The Balaban J connectivity index is 0.927. The van der Waals surface area contributed by atoms with Gasteiger partial charge in [0.1, 0.15) is 54.0 Å². The number of nitrogens with zero attached hydrogens (tertiary/aromatic N) is 2. The molecule has 4 aliphatic rings. The summed E-state index contributed by atoms with van der Waals surface area (Å²) in [6.07, 6.45) is 4.65. The minimum atomic E-state index is -1.99. The van der Waals surface area contributed by atoms with Gasteiger partial charge in [-0.2, -0.15) is 23.5 Å². The van der Waals surface area contributed by atoms with Gasteiger partial charge in [-0.25, -0.2) is 13.8 Å². The Hall–Kier alpha value is -10.5. The first-order chi connectivity index (χ1) is 54.5. The summed E-state index contributed by atoms with van der Waals surface area (Å²) in [5.74, 6) is -10.8. The molecule has 3 fully saturated rings. The molecule has 4 unspecified atom stereocenters. The van der Waals surface area contributed by atoms with E-state index in [1.54, 1.807) is 12.1 Å². The van der Waals surface area contributed by atoms with Gasteiger partial charge in [-0.15, -0.1) is 0 Å². The van der Waals surface area contributed by atoms with E-state index >= 15 is 33.2 Å². The highest BCUT2D eigenvalue weighted by molar-refractivity contribution is 7.98. The number of aromatic hydroxyl groups is 1. The van der Waals surface area contributed by atoms with E-state index in [1.807, 2.05) is 78.9 Å². The summed E-state index contributed by atoms with van der Waals surface area (Å²) in [6.45, 7) is -0.382. The van der Waals surface area contributed by atoms with Gasteiger partial charge >= 0.3 is 5.97 Å². The maximum Gasteiger partial charge on any atom is 0.305 e. The van der Waals surface area contributed by atoms with E-state index in [1.165, 1.54) is 77.5 Å². The Bertz CT molecular complexity index is 4480. The molecule has 600 valence electrons. The smallest absolute Gasteiger partial charge is 0.305 e. The summed E-state index contributed by atoms with van der Waals surface area (Å²) >= 11 is 2.88. The van der Waals surface area contributed by atoms with E-state index in [0.29, 0.717) is 90.8 Å². The Labute approximate surface area is 662 Å². The van der Waals surface area contributed by atoms with Gasteiger partial charge in [0.05, 0.1) is 36.9 Å². The number of nitrogens with one attached hydrogen (secondary N) is 9. The number of carbonyl (C=O) groups excluding carboxylic acids is 10. The number of hydrogen-bond acceptors (Lipinski definition) is 16. The number of aromatic amines is 2. The second kappa shape index (κ2) is 40.3. The maximum absolute atomic E-state index is 15.8. The molecular formula is C83H99F2N13O13S2. The highest BCUT2D eigenvalue weighted by atomic mass is 32.2. The van der Waals surface area contributed by atoms with Gasteiger partial charge in [-0.05, 0) is 170 Å². The van der Waals surface area contributed by atoms with Crippen LogP contribution in [0.15, 0.2) is 140 Å². The van der Waals surface area contributed by atoms with Crippen LogP contribution in [0.3, 0.4) is 0 Å². The number of alkyl halides is 1. The van der Waals surface area contributed by atoms with Crippen molar-refractivity contribution in [3.63, 3.8) is 0 Å². The lowest BCUT2D eigenvalue weighted by Gasteiger charge is -2.33. The van der Waals surface area contributed by atoms with Crippen molar-refractivity contribution in [2.45, 2.75) is 169 Å². The molecule has 15 N–H and O–H groups in total. The minimum Gasteiger partial charge on any atom is -0.508 e. The molecule has 0 spiro atoms. The molecule has 2 aromatic heterocycles. The number of Topliss-reactive ketones (excluding diaryl/α,β-unsaturated/α-hetero) is 1. The zero-order valence-electron chi connectivity index (χ0n) is 62.8. The number of rotatable bonds is 18. The average molecular weight is 1590 g/mol. The topological polar surface area (TPSA) is 412 Å². The quantitative estimate of drug-likeness (QED) is 0.0397. The number of thioether (sulfide) groups is 2. The first kappa shape index (κ1) is 83.5. The number of carbonyl (C=O) groups is 11. The van der Waals surface area contributed by atoms with E-state index in [9.17, 15) is 38.6 Å². The van der Waals surface area contributed by atoms with Gasteiger partial charge in [0.2, 0.25) is 53.2 Å². The Kier molecular flexibility index (Phi) is 29.8. The molecule has 13 atom stereocenters. The van der Waals surface area contributed by atoms with Crippen molar-refractivity contribution < 1.29 is 71.7 Å². The molecule has 2 aliphatic heterocycles. The number of phenols is 1. The van der Waals surface area contributed by atoms with Gasteiger partial charge in [0.25, 0.3) is 0 Å². The number of amides is 9. The second-order valence-corrected chi connectivity index (χ2v) is 32.3. The number of hydrogen-bond donors (Lipinski definition) is 13. The number of fused-ring (bicyclic) bond motifs is 5. The third kappa shape index (κ3) is 23.8. The number of carboxylic acids is 1. The van der Waals surface area contributed by atoms with Crippen molar-refractivity contribution in [1.82, 2.24) is 57.1 Å². The lowest BCUT2D eigenvalue weighted by molar-refractivity contribution is -0.142. The molecule has 2 saturated carbocycles. The van der Waals surface area contributed by atoms with Crippen LogP contribution in [-0.4, -0.2) is 175 Å². The van der Waals surface area contributed by atoms with Gasteiger partial charge in [-0.1, -0.05) is 91.0 Å². The number of H-pyrrole nitrogens is 2. The van der Waals surface area contributed by atoms with Crippen molar-refractivity contribution in [2.24, 2.45) is 41.1 Å². The number of carboxylic acid groups (broad SMARTS) is 1. The number of imidazole rings is 1. The predicted octanol–water partition coefficient (Wildman–Crippen LogP) is 6.70. The van der Waals surface area contributed by atoms with Crippen LogP contribution in [-0.2, 0) is 89.9 Å². The van der Waals surface area contributed by atoms with Crippen LogP contribution in [0.5, 0.6) is 5.75 Å². The van der Waals surface area contributed by atoms with Gasteiger partial charge in [0.15, 0.2) is 5.78 Å². The van der Waals surface area contributed by atoms with Crippen molar-refractivity contribution >= 4 is 99.3 Å². The SMILES string of the molecule is NCCCC[C@@H]1NC(=O)CCSCc2cccc(c2)CSC[C@@H](C(N)=O)CC(=O)[C@@H]2C[C@@H](Cc3ccc(-c4ccccc4)cc3)CN2C(=O)[C@H](Cc2ccc(O)cc2)NC(=O)[C@H](Cc2c[nH]cn2)NC(=O)[C@H](CC(=O)O)NC(=O)[C@H](CC2CCC3CCC(F)CC32)NC(=O)[C@H](Cc2c[nH]c3ccc(F)cc23)NC(=O)CNC1=O. The van der Waals surface area contributed by atoms with E-state index in [0.717, 1.165) is 27.8 Å². The fourth-order valence-corrected chi connectivity index (χ4v) is 18.0. The molecule has 1 saturated heterocycles. The normalized spacial score (nSPS) is 25.5. The predicted molar refractivity (Wildman–Crippen MR) is 424 cm³/mol. The summed E-state index contributed by atoms with van der Waals surface area (Å²) in [7, 11) is 0. The monoisotopic (exact) mass is 1590 g/mol. The zero-order valence-corrected chi connectivity index (χ0v) is 64.4. The minimum absolute atomic E-state index is 0.0221. The van der Waals surface area contributed by atoms with Crippen LogP contribution in [0.4, 0.5) is 8.78 Å². The summed E-state index contributed by atoms with van der Waals surface area (Å²) in [5.41, 5.74) is 18.2. The molecule has 113 heavy (non-hydrogen) atoms. The largest absolute Gasteiger partial charge is 0.508 e. The Morgan fingerprint density at radius 1 is 0.637 bits per heavy atom. The number of aliphatic carboxylic acids is 1. The van der Waals surface area contributed by atoms with Crippen LogP contribution >= 0.6 is 23.5 Å². The van der Waals surface area contributed by atoms with E-state index in [-0.39, 0.29) is 99.3 Å². The summed E-state index contributed by atoms with van der Waals surface area (Å²) < 4.78 is 30.4. The molecule has 4 heterocycles. The number of phenolic OH excluding ortho intramolecular Hbond substituents is 1. The van der Waals surface area contributed by atoms with Crippen molar-refractivity contribution in [1.29, 1.82) is 0 Å². The molecule has 30 heteroatoms.